The summed E-state index contributed by atoms with van der Waals surface area (Å²) in [5.74, 6) is 3.23. The molecule has 21 heavy (non-hydrogen) atoms. The van der Waals surface area contributed by atoms with Crippen LogP contribution in [0.2, 0.25) is 0 Å². The molecule has 2 heterocycles. The van der Waals surface area contributed by atoms with Crippen LogP contribution in [0.4, 0.5) is 11.6 Å². The Morgan fingerprint density at radius 1 is 1.29 bits per heavy atom. The quantitative estimate of drug-likeness (QED) is 0.884. The van der Waals surface area contributed by atoms with Crippen LogP contribution in [0.1, 0.15) is 38.1 Å². The van der Waals surface area contributed by atoms with Crippen molar-refractivity contribution in [2.45, 2.75) is 33.2 Å². The standard InChI is InChI=1S/C15H24N6/c1-6-16-14-13(11(2)3)15(19-10-18-14)21(5)9-12-17-7-8-20(12)4/h7-8,10-11H,6,9H2,1-5H3,(H,16,18,19). The highest BCUT2D eigenvalue weighted by molar-refractivity contribution is 5.60. The molecule has 0 fully saturated rings. The predicted octanol–water partition coefficient (Wildman–Crippen LogP) is 2.40. The van der Waals surface area contributed by atoms with E-state index >= 15 is 0 Å². The van der Waals surface area contributed by atoms with Gasteiger partial charge in [-0.05, 0) is 12.8 Å². The van der Waals surface area contributed by atoms with Crippen molar-refractivity contribution >= 4 is 11.6 Å². The van der Waals surface area contributed by atoms with Gasteiger partial charge in [-0.2, -0.15) is 0 Å². The minimum atomic E-state index is 0.346. The van der Waals surface area contributed by atoms with Gasteiger partial charge in [0.1, 0.15) is 23.8 Å². The lowest BCUT2D eigenvalue weighted by molar-refractivity contribution is 0.742. The summed E-state index contributed by atoms with van der Waals surface area (Å²) in [4.78, 5) is 15.4. The van der Waals surface area contributed by atoms with Crippen molar-refractivity contribution < 1.29 is 0 Å². The predicted molar refractivity (Wildman–Crippen MR) is 85.6 cm³/mol. The summed E-state index contributed by atoms with van der Waals surface area (Å²) >= 11 is 0. The molecular formula is C15H24N6. The van der Waals surface area contributed by atoms with E-state index < -0.39 is 0 Å². The number of imidazole rings is 1. The Morgan fingerprint density at radius 3 is 2.62 bits per heavy atom. The van der Waals surface area contributed by atoms with Gasteiger partial charge in [-0.3, -0.25) is 0 Å². The van der Waals surface area contributed by atoms with Gasteiger partial charge < -0.3 is 14.8 Å². The Morgan fingerprint density at radius 2 is 2.05 bits per heavy atom. The highest BCUT2D eigenvalue weighted by atomic mass is 15.2. The maximum Gasteiger partial charge on any atom is 0.137 e. The summed E-state index contributed by atoms with van der Waals surface area (Å²) in [7, 11) is 4.04. The third kappa shape index (κ3) is 3.32. The van der Waals surface area contributed by atoms with E-state index in [0.717, 1.165) is 29.6 Å². The van der Waals surface area contributed by atoms with Gasteiger partial charge in [0.05, 0.1) is 6.54 Å². The van der Waals surface area contributed by atoms with E-state index in [9.17, 15) is 0 Å². The van der Waals surface area contributed by atoms with Gasteiger partial charge in [-0.1, -0.05) is 13.8 Å². The maximum atomic E-state index is 4.49. The molecule has 0 aromatic carbocycles. The van der Waals surface area contributed by atoms with Crippen LogP contribution in [-0.4, -0.2) is 33.1 Å². The summed E-state index contributed by atoms with van der Waals surface area (Å²) in [6.07, 6.45) is 5.39. The van der Waals surface area contributed by atoms with Gasteiger partial charge in [0, 0.05) is 38.6 Å². The minimum Gasteiger partial charge on any atom is -0.370 e. The number of aryl methyl sites for hydroxylation is 1. The lowest BCUT2D eigenvalue weighted by Crippen LogP contribution is -2.23. The number of rotatable bonds is 6. The molecule has 1 N–H and O–H groups in total. The van der Waals surface area contributed by atoms with E-state index in [1.165, 1.54) is 0 Å². The Labute approximate surface area is 126 Å². The molecule has 0 bridgehead atoms. The third-order valence-electron chi connectivity index (χ3n) is 3.45. The number of nitrogens with one attached hydrogen (secondary N) is 1. The number of hydrogen-bond donors (Lipinski definition) is 1. The molecule has 6 heteroatoms. The smallest absolute Gasteiger partial charge is 0.137 e. The Hall–Kier alpha value is -2.11. The molecule has 0 saturated heterocycles. The SMILES string of the molecule is CCNc1ncnc(N(C)Cc2nccn2C)c1C(C)C. The van der Waals surface area contributed by atoms with Crippen molar-refractivity contribution in [2.75, 3.05) is 23.8 Å². The maximum absolute atomic E-state index is 4.49. The topological polar surface area (TPSA) is 58.9 Å². The second kappa shape index (κ2) is 6.56. The van der Waals surface area contributed by atoms with Crippen molar-refractivity contribution in [2.24, 2.45) is 7.05 Å². The summed E-state index contributed by atoms with van der Waals surface area (Å²) in [6.45, 7) is 7.96. The molecule has 2 aromatic heterocycles. The molecule has 0 radical (unpaired) electrons. The first-order chi connectivity index (χ1) is 10.0. The zero-order valence-corrected chi connectivity index (χ0v) is 13.5. The Kier molecular flexibility index (Phi) is 4.77. The first-order valence-corrected chi connectivity index (χ1v) is 7.30. The normalized spacial score (nSPS) is 11.0. The number of aromatic nitrogens is 4. The highest BCUT2D eigenvalue weighted by Crippen LogP contribution is 2.30. The van der Waals surface area contributed by atoms with Crippen LogP contribution in [0.5, 0.6) is 0 Å². The van der Waals surface area contributed by atoms with E-state index in [0.29, 0.717) is 12.5 Å². The van der Waals surface area contributed by atoms with E-state index in [4.69, 9.17) is 0 Å². The van der Waals surface area contributed by atoms with E-state index in [1.54, 1.807) is 6.33 Å². The number of hydrogen-bond acceptors (Lipinski definition) is 5. The van der Waals surface area contributed by atoms with Gasteiger partial charge in [0.2, 0.25) is 0 Å². The average molecular weight is 288 g/mol. The van der Waals surface area contributed by atoms with Crippen molar-refractivity contribution in [3.8, 4) is 0 Å². The summed E-state index contributed by atoms with van der Waals surface area (Å²) in [5.41, 5.74) is 1.15. The van der Waals surface area contributed by atoms with Crippen molar-refractivity contribution in [1.29, 1.82) is 0 Å². The lowest BCUT2D eigenvalue weighted by Gasteiger charge is -2.24. The molecule has 0 unspecified atom stereocenters. The number of anilines is 2. The molecule has 0 atom stereocenters. The van der Waals surface area contributed by atoms with Crippen molar-refractivity contribution in [3.05, 3.63) is 30.1 Å². The van der Waals surface area contributed by atoms with Crippen LogP contribution in [0.3, 0.4) is 0 Å². The summed E-state index contributed by atoms with van der Waals surface area (Å²) in [6, 6.07) is 0. The van der Waals surface area contributed by atoms with Crippen molar-refractivity contribution in [1.82, 2.24) is 19.5 Å². The minimum absolute atomic E-state index is 0.346. The van der Waals surface area contributed by atoms with E-state index in [1.807, 2.05) is 31.1 Å². The summed E-state index contributed by atoms with van der Waals surface area (Å²) in [5, 5.41) is 3.32. The second-order valence-corrected chi connectivity index (χ2v) is 5.46. The first kappa shape index (κ1) is 15.3. The molecule has 2 aromatic rings. The molecule has 0 spiro atoms. The zero-order valence-electron chi connectivity index (χ0n) is 13.5. The van der Waals surface area contributed by atoms with Crippen molar-refractivity contribution in [3.63, 3.8) is 0 Å². The second-order valence-electron chi connectivity index (χ2n) is 5.46. The monoisotopic (exact) mass is 288 g/mol. The molecule has 0 aliphatic heterocycles. The molecule has 0 aliphatic rings. The lowest BCUT2D eigenvalue weighted by atomic mass is 10.0. The highest BCUT2D eigenvalue weighted by Gasteiger charge is 2.18. The van der Waals surface area contributed by atoms with Gasteiger partial charge in [0.25, 0.3) is 0 Å². The van der Waals surface area contributed by atoms with Crippen LogP contribution < -0.4 is 10.2 Å². The van der Waals surface area contributed by atoms with Gasteiger partial charge in [-0.15, -0.1) is 0 Å². The van der Waals surface area contributed by atoms with Crippen LogP contribution in [0.15, 0.2) is 18.7 Å². The largest absolute Gasteiger partial charge is 0.370 e. The average Bonchev–Trinajstić information content (AvgIpc) is 2.84. The van der Waals surface area contributed by atoms with Gasteiger partial charge >= 0.3 is 0 Å². The Balaban J connectivity index is 2.33. The summed E-state index contributed by atoms with van der Waals surface area (Å²) < 4.78 is 2.03. The van der Waals surface area contributed by atoms with Gasteiger partial charge in [-0.25, -0.2) is 15.0 Å². The molecule has 0 saturated carbocycles. The first-order valence-electron chi connectivity index (χ1n) is 7.30. The fourth-order valence-electron chi connectivity index (χ4n) is 2.37. The molecular weight excluding hydrogens is 264 g/mol. The molecule has 6 nitrogen and oxygen atoms in total. The third-order valence-corrected chi connectivity index (χ3v) is 3.45. The fourth-order valence-corrected chi connectivity index (χ4v) is 2.37. The zero-order chi connectivity index (χ0) is 15.4. The van der Waals surface area contributed by atoms with Gasteiger partial charge in [0.15, 0.2) is 0 Å². The van der Waals surface area contributed by atoms with E-state index in [-0.39, 0.29) is 0 Å². The van der Waals surface area contributed by atoms with Crippen LogP contribution in [-0.2, 0) is 13.6 Å². The molecule has 0 aliphatic carbocycles. The van der Waals surface area contributed by atoms with Crippen LogP contribution in [0, 0.1) is 0 Å². The van der Waals surface area contributed by atoms with Crippen LogP contribution >= 0.6 is 0 Å². The molecule has 0 amide bonds. The fraction of sp³-hybridized carbons (Fsp3) is 0.533. The van der Waals surface area contributed by atoms with Crippen LogP contribution in [0.25, 0.3) is 0 Å². The Bertz CT molecular complexity index is 590. The molecule has 114 valence electrons. The van der Waals surface area contributed by atoms with E-state index in [2.05, 4.69) is 45.9 Å². The number of nitrogens with zero attached hydrogens (tertiary/aromatic N) is 5. The molecule has 2 rings (SSSR count).